The van der Waals surface area contributed by atoms with Crippen LogP contribution >= 0.6 is 11.6 Å². The summed E-state index contributed by atoms with van der Waals surface area (Å²) in [6, 6.07) is 1.80. The van der Waals surface area contributed by atoms with Crippen LogP contribution in [0.4, 0.5) is 0 Å². The second kappa shape index (κ2) is 4.08. The van der Waals surface area contributed by atoms with Gasteiger partial charge in [0, 0.05) is 25.0 Å². The monoisotopic (exact) mass is 225 g/mol. The minimum Gasteiger partial charge on any atom is -0.453 e. The van der Waals surface area contributed by atoms with E-state index in [1.807, 2.05) is 30.9 Å². The summed E-state index contributed by atoms with van der Waals surface area (Å²) in [5, 5.41) is 3.56. The fraction of sp³-hybridized carbons (Fsp3) is 0.300. The molecule has 0 saturated carbocycles. The van der Waals surface area contributed by atoms with Gasteiger partial charge in [-0.25, -0.2) is 4.98 Å². The molecule has 4 nitrogen and oxygen atoms in total. The number of nitrogens with zero attached hydrogens (tertiary/aromatic N) is 2. The summed E-state index contributed by atoms with van der Waals surface area (Å²) in [5.74, 6) is 0.904. The van der Waals surface area contributed by atoms with Crippen LogP contribution in [-0.4, -0.2) is 16.6 Å². The molecule has 5 heteroatoms. The molecule has 0 radical (unpaired) electrons. The van der Waals surface area contributed by atoms with Crippen LogP contribution in [0.25, 0.3) is 0 Å². The first-order valence-corrected chi connectivity index (χ1v) is 4.99. The molecule has 1 N–H and O–H groups in total. The molecule has 2 aromatic rings. The number of rotatable bonds is 3. The third kappa shape index (κ3) is 1.78. The van der Waals surface area contributed by atoms with E-state index in [2.05, 4.69) is 10.3 Å². The quantitative estimate of drug-likeness (QED) is 0.869. The topological polar surface area (TPSA) is 43.0 Å². The fourth-order valence-corrected chi connectivity index (χ4v) is 1.81. The van der Waals surface area contributed by atoms with Gasteiger partial charge in [-0.05, 0) is 24.7 Å². The van der Waals surface area contributed by atoms with Gasteiger partial charge in [0.2, 0.25) is 0 Å². The number of imidazole rings is 1. The number of nitrogens with one attached hydrogen (secondary N) is 1. The summed E-state index contributed by atoms with van der Waals surface area (Å²) in [5.41, 5.74) is 0.897. The molecule has 0 bridgehead atoms. The minimum absolute atomic E-state index is 0.0451. The Labute approximate surface area is 92.9 Å². The van der Waals surface area contributed by atoms with Gasteiger partial charge in [0.05, 0.1) is 12.3 Å². The second-order valence-corrected chi connectivity index (χ2v) is 3.61. The maximum absolute atomic E-state index is 5.94. The second-order valence-electron chi connectivity index (χ2n) is 3.27. The van der Waals surface area contributed by atoms with Crippen LogP contribution in [0, 0.1) is 0 Å². The lowest BCUT2D eigenvalue weighted by molar-refractivity contribution is 0.553. The van der Waals surface area contributed by atoms with Gasteiger partial charge in [0.25, 0.3) is 0 Å². The predicted molar refractivity (Wildman–Crippen MR) is 57.8 cm³/mol. The van der Waals surface area contributed by atoms with E-state index in [1.165, 1.54) is 0 Å². The van der Waals surface area contributed by atoms with E-state index in [1.54, 1.807) is 12.5 Å². The summed E-state index contributed by atoms with van der Waals surface area (Å²) in [7, 11) is 3.81. The highest BCUT2D eigenvalue weighted by atomic mass is 35.5. The predicted octanol–water partition coefficient (Wildman–Crippen LogP) is 1.98. The molecule has 2 rings (SSSR count). The fourth-order valence-electron chi connectivity index (χ4n) is 1.59. The Bertz CT molecular complexity index is 409. The Morgan fingerprint density at radius 2 is 2.40 bits per heavy atom. The zero-order valence-electron chi connectivity index (χ0n) is 8.57. The SMILES string of the molecule is CNC(c1ccoc1Cl)c1nccn1C. The normalized spacial score (nSPS) is 13.0. The lowest BCUT2D eigenvalue weighted by atomic mass is 10.1. The van der Waals surface area contributed by atoms with Crippen molar-refractivity contribution < 1.29 is 4.42 Å². The first kappa shape index (κ1) is 10.3. The first-order chi connectivity index (χ1) is 7.24. The third-order valence-corrected chi connectivity index (χ3v) is 2.67. The Morgan fingerprint density at radius 3 is 2.87 bits per heavy atom. The molecule has 0 aliphatic heterocycles. The van der Waals surface area contributed by atoms with Gasteiger partial charge < -0.3 is 14.3 Å². The Hall–Kier alpha value is -1.26. The lowest BCUT2D eigenvalue weighted by Crippen LogP contribution is -2.20. The molecule has 2 heterocycles. The molecular weight excluding hydrogens is 214 g/mol. The summed E-state index contributed by atoms with van der Waals surface area (Å²) in [6.07, 6.45) is 5.23. The van der Waals surface area contributed by atoms with Gasteiger partial charge in [-0.1, -0.05) is 0 Å². The average Bonchev–Trinajstić information content (AvgIpc) is 2.80. The maximum Gasteiger partial charge on any atom is 0.198 e. The summed E-state index contributed by atoms with van der Waals surface area (Å²) in [4.78, 5) is 4.28. The van der Waals surface area contributed by atoms with Crippen molar-refractivity contribution in [2.45, 2.75) is 6.04 Å². The molecular formula is C10H12ClN3O. The number of aromatic nitrogens is 2. The molecule has 80 valence electrons. The molecule has 1 atom stereocenters. The van der Waals surface area contributed by atoms with Crippen LogP contribution in [0.1, 0.15) is 17.4 Å². The van der Waals surface area contributed by atoms with Crippen LogP contribution in [0.2, 0.25) is 5.22 Å². The number of halogens is 1. The Morgan fingerprint density at radius 1 is 1.60 bits per heavy atom. The number of hydrogen-bond donors (Lipinski definition) is 1. The van der Waals surface area contributed by atoms with Crippen LogP contribution < -0.4 is 5.32 Å². The van der Waals surface area contributed by atoms with Gasteiger partial charge in [-0.3, -0.25) is 0 Å². The zero-order chi connectivity index (χ0) is 10.8. The van der Waals surface area contributed by atoms with Crippen LogP contribution in [0.15, 0.2) is 29.1 Å². The smallest absolute Gasteiger partial charge is 0.198 e. The highest BCUT2D eigenvalue weighted by Crippen LogP contribution is 2.27. The largest absolute Gasteiger partial charge is 0.453 e. The highest BCUT2D eigenvalue weighted by molar-refractivity contribution is 6.29. The van der Waals surface area contributed by atoms with Crippen molar-refractivity contribution >= 4 is 11.6 Å². The number of hydrogen-bond acceptors (Lipinski definition) is 3. The van der Waals surface area contributed by atoms with Crippen LogP contribution in [0.3, 0.4) is 0 Å². The van der Waals surface area contributed by atoms with Crippen molar-refractivity contribution in [2.24, 2.45) is 7.05 Å². The number of furan rings is 1. The van der Waals surface area contributed by atoms with Gasteiger partial charge in [-0.15, -0.1) is 0 Å². The Kier molecular flexibility index (Phi) is 2.79. The van der Waals surface area contributed by atoms with E-state index >= 15 is 0 Å². The molecule has 0 aliphatic rings. The lowest BCUT2D eigenvalue weighted by Gasteiger charge is -2.14. The molecule has 0 aliphatic carbocycles. The molecule has 0 fully saturated rings. The van der Waals surface area contributed by atoms with Crippen LogP contribution in [-0.2, 0) is 7.05 Å². The van der Waals surface area contributed by atoms with E-state index < -0.39 is 0 Å². The van der Waals surface area contributed by atoms with Crippen LogP contribution in [0.5, 0.6) is 0 Å². The van der Waals surface area contributed by atoms with Crippen molar-refractivity contribution in [3.05, 3.63) is 41.3 Å². The van der Waals surface area contributed by atoms with E-state index in [0.29, 0.717) is 5.22 Å². The van der Waals surface area contributed by atoms with Gasteiger partial charge in [-0.2, -0.15) is 0 Å². The summed E-state index contributed by atoms with van der Waals surface area (Å²) >= 11 is 5.94. The van der Waals surface area contributed by atoms with E-state index in [9.17, 15) is 0 Å². The summed E-state index contributed by atoms with van der Waals surface area (Å²) < 4.78 is 7.02. The van der Waals surface area contributed by atoms with Gasteiger partial charge in [0.1, 0.15) is 5.82 Å². The van der Waals surface area contributed by atoms with Crippen molar-refractivity contribution in [1.82, 2.24) is 14.9 Å². The average molecular weight is 226 g/mol. The van der Waals surface area contributed by atoms with Crippen molar-refractivity contribution in [1.29, 1.82) is 0 Å². The van der Waals surface area contributed by atoms with Crippen molar-refractivity contribution in [3.63, 3.8) is 0 Å². The molecule has 15 heavy (non-hydrogen) atoms. The Balaban J connectivity index is 2.41. The van der Waals surface area contributed by atoms with E-state index in [-0.39, 0.29) is 6.04 Å². The van der Waals surface area contributed by atoms with Crippen molar-refractivity contribution in [2.75, 3.05) is 7.05 Å². The molecule has 2 aromatic heterocycles. The van der Waals surface area contributed by atoms with Gasteiger partial charge in [0.15, 0.2) is 5.22 Å². The van der Waals surface area contributed by atoms with E-state index in [0.717, 1.165) is 11.4 Å². The minimum atomic E-state index is -0.0451. The molecule has 0 saturated heterocycles. The third-order valence-electron chi connectivity index (χ3n) is 2.36. The van der Waals surface area contributed by atoms with E-state index in [4.69, 9.17) is 16.0 Å². The van der Waals surface area contributed by atoms with Crippen molar-refractivity contribution in [3.8, 4) is 0 Å². The molecule has 1 unspecified atom stereocenters. The first-order valence-electron chi connectivity index (χ1n) is 4.61. The molecule has 0 amide bonds. The standard InChI is InChI=1S/C10H12ClN3O/c1-12-8(7-3-6-15-9(7)11)10-13-4-5-14(10)2/h3-6,8,12H,1-2H3. The maximum atomic E-state index is 5.94. The molecule has 0 aromatic carbocycles. The zero-order valence-corrected chi connectivity index (χ0v) is 9.32. The summed E-state index contributed by atoms with van der Waals surface area (Å²) in [6.45, 7) is 0. The van der Waals surface area contributed by atoms with Gasteiger partial charge >= 0.3 is 0 Å². The number of aryl methyl sites for hydroxylation is 1. The molecule has 0 spiro atoms. The highest BCUT2D eigenvalue weighted by Gasteiger charge is 2.20.